The number of thioether (sulfide) groups is 1. The van der Waals surface area contributed by atoms with Gasteiger partial charge in [-0.05, 0) is 43.9 Å². The van der Waals surface area contributed by atoms with Gasteiger partial charge in [-0.15, -0.1) is 0 Å². The van der Waals surface area contributed by atoms with Crippen molar-refractivity contribution in [2.45, 2.75) is 39.2 Å². The molecule has 1 aromatic rings. The van der Waals surface area contributed by atoms with E-state index in [1.54, 1.807) is 0 Å². The van der Waals surface area contributed by atoms with Crippen LogP contribution >= 0.6 is 11.8 Å². The van der Waals surface area contributed by atoms with E-state index in [4.69, 9.17) is 4.42 Å². The molecule has 0 radical (unpaired) electrons. The second-order valence-corrected chi connectivity index (χ2v) is 6.42. The molecule has 18 heavy (non-hydrogen) atoms. The van der Waals surface area contributed by atoms with Crippen LogP contribution in [0.3, 0.4) is 0 Å². The fourth-order valence-corrected chi connectivity index (χ4v) is 3.24. The maximum absolute atomic E-state index is 5.49. The van der Waals surface area contributed by atoms with Gasteiger partial charge in [-0.1, -0.05) is 13.8 Å². The summed E-state index contributed by atoms with van der Waals surface area (Å²) in [5, 5.41) is 0. The van der Waals surface area contributed by atoms with E-state index in [0.29, 0.717) is 5.92 Å². The fourth-order valence-electron chi connectivity index (χ4n) is 2.44. The third kappa shape index (κ3) is 3.75. The average molecular weight is 268 g/mol. The van der Waals surface area contributed by atoms with Crippen molar-refractivity contribution in [1.82, 2.24) is 9.88 Å². The van der Waals surface area contributed by atoms with Crippen LogP contribution in [0.2, 0.25) is 0 Å². The zero-order valence-corrected chi connectivity index (χ0v) is 12.5. The largest absolute Gasteiger partial charge is 0.448 e. The molecule has 0 spiro atoms. The van der Waals surface area contributed by atoms with E-state index < -0.39 is 0 Å². The van der Waals surface area contributed by atoms with Crippen LogP contribution < -0.4 is 0 Å². The van der Waals surface area contributed by atoms with Crippen molar-refractivity contribution >= 4 is 11.8 Å². The molecule has 0 aliphatic carbocycles. The highest BCUT2D eigenvalue weighted by Gasteiger charge is 2.19. The standard InChI is InChI=1S/C14H24N2OS/c1-11(2)14-15-13(9-17-14)8-16-6-4-12(5-7-16)10-18-3/h9,11-12H,4-8,10H2,1-3H3. The lowest BCUT2D eigenvalue weighted by atomic mass is 9.99. The van der Waals surface area contributed by atoms with Crippen LogP contribution in [-0.2, 0) is 6.54 Å². The van der Waals surface area contributed by atoms with E-state index >= 15 is 0 Å². The van der Waals surface area contributed by atoms with Crippen LogP contribution in [0.15, 0.2) is 10.7 Å². The maximum atomic E-state index is 5.49. The van der Waals surface area contributed by atoms with Gasteiger partial charge < -0.3 is 4.42 Å². The Kier molecular flexibility index (Phi) is 5.13. The van der Waals surface area contributed by atoms with Crippen molar-refractivity contribution in [3.05, 3.63) is 17.8 Å². The number of hydrogen-bond donors (Lipinski definition) is 0. The lowest BCUT2D eigenvalue weighted by Crippen LogP contribution is -2.34. The minimum absolute atomic E-state index is 0.381. The van der Waals surface area contributed by atoms with Crippen LogP contribution in [0.4, 0.5) is 0 Å². The van der Waals surface area contributed by atoms with Gasteiger partial charge in [0.05, 0.1) is 5.69 Å². The van der Waals surface area contributed by atoms with Gasteiger partial charge in [0.2, 0.25) is 0 Å². The van der Waals surface area contributed by atoms with Crippen LogP contribution in [0, 0.1) is 5.92 Å². The van der Waals surface area contributed by atoms with E-state index in [2.05, 4.69) is 30.0 Å². The summed E-state index contributed by atoms with van der Waals surface area (Å²) in [6.07, 6.45) is 6.68. The molecular formula is C14H24N2OS. The monoisotopic (exact) mass is 268 g/mol. The van der Waals surface area contributed by atoms with Gasteiger partial charge in [-0.3, -0.25) is 4.90 Å². The summed E-state index contributed by atoms with van der Waals surface area (Å²) in [5.41, 5.74) is 1.09. The lowest BCUT2D eigenvalue weighted by Gasteiger charge is -2.30. The van der Waals surface area contributed by atoms with Crippen LogP contribution in [0.25, 0.3) is 0 Å². The predicted molar refractivity (Wildman–Crippen MR) is 77.0 cm³/mol. The normalized spacial score (nSPS) is 18.7. The summed E-state index contributed by atoms with van der Waals surface area (Å²) in [5.74, 6) is 3.48. The molecule has 1 aliphatic heterocycles. The van der Waals surface area contributed by atoms with Crippen molar-refractivity contribution in [2.75, 3.05) is 25.1 Å². The summed E-state index contributed by atoms with van der Waals surface area (Å²) in [6, 6.07) is 0. The Labute approximate surface area is 114 Å². The molecular weight excluding hydrogens is 244 g/mol. The lowest BCUT2D eigenvalue weighted by molar-refractivity contribution is 0.185. The number of oxazole rings is 1. The van der Waals surface area contributed by atoms with Crippen molar-refractivity contribution in [3.63, 3.8) is 0 Å². The van der Waals surface area contributed by atoms with Crippen molar-refractivity contribution in [1.29, 1.82) is 0 Å². The molecule has 4 heteroatoms. The van der Waals surface area contributed by atoms with Crippen molar-refractivity contribution < 1.29 is 4.42 Å². The molecule has 102 valence electrons. The number of rotatable bonds is 5. The predicted octanol–water partition coefficient (Wildman–Crippen LogP) is 3.37. The first kappa shape index (κ1) is 13.9. The Morgan fingerprint density at radius 3 is 2.72 bits per heavy atom. The SMILES string of the molecule is CSCC1CCN(Cc2coc(C(C)C)n2)CC1. The van der Waals surface area contributed by atoms with Gasteiger partial charge in [0.1, 0.15) is 6.26 Å². The van der Waals surface area contributed by atoms with E-state index in [1.165, 1.54) is 31.7 Å². The Morgan fingerprint density at radius 1 is 1.44 bits per heavy atom. The summed E-state index contributed by atoms with van der Waals surface area (Å²) >= 11 is 1.97. The highest BCUT2D eigenvalue weighted by atomic mass is 32.2. The Bertz CT molecular complexity index is 356. The molecule has 3 nitrogen and oxygen atoms in total. The third-order valence-corrected chi connectivity index (χ3v) is 4.36. The van der Waals surface area contributed by atoms with Crippen LogP contribution in [-0.4, -0.2) is 35.0 Å². The van der Waals surface area contributed by atoms with Gasteiger partial charge in [0, 0.05) is 12.5 Å². The Morgan fingerprint density at radius 2 is 2.17 bits per heavy atom. The third-order valence-electron chi connectivity index (χ3n) is 3.56. The Balaban J connectivity index is 1.80. The van der Waals surface area contributed by atoms with Gasteiger partial charge in [-0.25, -0.2) is 4.98 Å². The van der Waals surface area contributed by atoms with E-state index in [-0.39, 0.29) is 0 Å². The quantitative estimate of drug-likeness (QED) is 0.819. The second kappa shape index (κ2) is 6.62. The fraction of sp³-hybridized carbons (Fsp3) is 0.786. The molecule has 0 aromatic carbocycles. The molecule has 0 amide bonds. The second-order valence-electron chi connectivity index (χ2n) is 5.51. The summed E-state index contributed by atoms with van der Waals surface area (Å²) in [6.45, 7) is 7.58. The van der Waals surface area contributed by atoms with E-state index in [1.807, 2.05) is 18.0 Å². The molecule has 1 aromatic heterocycles. The number of nitrogens with zero attached hydrogens (tertiary/aromatic N) is 2. The minimum Gasteiger partial charge on any atom is -0.448 e. The zero-order chi connectivity index (χ0) is 13.0. The molecule has 0 atom stereocenters. The maximum Gasteiger partial charge on any atom is 0.196 e. The molecule has 2 rings (SSSR count). The Hall–Kier alpha value is -0.480. The van der Waals surface area contributed by atoms with Gasteiger partial charge in [0.15, 0.2) is 5.89 Å². The van der Waals surface area contributed by atoms with Crippen molar-refractivity contribution in [3.8, 4) is 0 Å². The molecule has 1 saturated heterocycles. The van der Waals surface area contributed by atoms with Crippen LogP contribution in [0.1, 0.15) is 44.2 Å². The number of piperidine rings is 1. The smallest absolute Gasteiger partial charge is 0.196 e. The topological polar surface area (TPSA) is 29.3 Å². The summed E-state index contributed by atoms with van der Waals surface area (Å²) < 4.78 is 5.49. The first-order valence-corrected chi connectivity index (χ1v) is 8.24. The molecule has 2 heterocycles. The molecule has 0 N–H and O–H groups in total. The first-order valence-electron chi connectivity index (χ1n) is 6.84. The van der Waals surface area contributed by atoms with Gasteiger partial charge in [0.25, 0.3) is 0 Å². The van der Waals surface area contributed by atoms with Crippen LogP contribution in [0.5, 0.6) is 0 Å². The molecule has 1 aliphatic rings. The highest BCUT2D eigenvalue weighted by molar-refractivity contribution is 7.98. The van der Waals surface area contributed by atoms with Crippen molar-refractivity contribution in [2.24, 2.45) is 5.92 Å². The number of hydrogen-bond acceptors (Lipinski definition) is 4. The van der Waals surface area contributed by atoms with E-state index in [9.17, 15) is 0 Å². The number of aromatic nitrogens is 1. The highest BCUT2D eigenvalue weighted by Crippen LogP contribution is 2.22. The van der Waals surface area contributed by atoms with Gasteiger partial charge in [-0.2, -0.15) is 11.8 Å². The average Bonchev–Trinajstić information content (AvgIpc) is 2.81. The van der Waals surface area contributed by atoms with E-state index in [0.717, 1.165) is 24.0 Å². The zero-order valence-electron chi connectivity index (χ0n) is 11.7. The molecule has 1 fully saturated rings. The number of likely N-dealkylation sites (tertiary alicyclic amines) is 1. The molecule has 0 saturated carbocycles. The summed E-state index contributed by atoms with van der Waals surface area (Å²) in [7, 11) is 0. The molecule has 0 bridgehead atoms. The molecule has 0 unspecified atom stereocenters. The minimum atomic E-state index is 0.381. The first-order chi connectivity index (χ1) is 8.69. The summed E-state index contributed by atoms with van der Waals surface area (Å²) in [4.78, 5) is 7.05. The van der Waals surface area contributed by atoms with Gasteiger partial charge >= 0.3 is 0 Å².